The van der Waals surface area contributed by atoms with Crippen LogP contribution in [0.2, 0.25) is 5.02 Å². The van der Waals surface area contributed by atoms with Crippen molar-refractivity contribution >= 4 is 17.3 Å². The number of anilines is 1. The molecule has 17 heavy (non-hydrogen) atoms. The topological polar surface area (TPSA) is 38.0 Å². The summed E-state index contributed by atoms with van der Waals surface area (Å²) in [7, 11) is 0. The number of benzene rings is 1. The number of nitrogens with one attached hydrogen (secondary N) is 1. The summed E-state index contributed by atoms with van der Waals surface area (Å²) in [6.07, 6.45) is -3.93. The summed E-state index contributed by atoms with van der Waals surface area (Å²) in [5.74, 6) is 0. The summed E-state index contributed by atoms with van der Waals surface area (Å²) in [6.45, 7) is 0.115. The van der Waals surface area contributed by atoms with Crippen LogP contribution in [0.3, 0.4) is 0 Å². The summed E-state index contributed by atoms with van der Waals surface area (Å²) < 4.78 is 37.9. The van der Waals surface area contributed by atoms with Crippen LogP contribution >= 0.6 is 11.6 Å². The first kappa shape index (κ1) is 12.5. The molecule has 1 saturated carbocycles. The van der Waals surface area contributed by atoms with Gasteiger partial charge in [-0.25, -0.2) is 0 Å². The third-order valence-electron chi connectivity index (χ3n) is 2.90. The third kappa shape index (κ3) is 2.66. The van der Waals surface area contributed by atoms with Crippen molar-refractivity contribution < 1.29 is 13.2 Å². The molecule has 1 aromatic rings. The molecule has 94 valence electrons. The van der Waals surface area contributed by atoms with Gasteiger partial charge in [-0.15, -0.1) is 0 Å². The van der Waals surface area contributed by atoms with Crippen LogP contribution < -0.4 is 11.1 Å². The Morgan fingerprint density at radius 1 is 1.29 bits per heavy atom. The van der Waals surface area contributed by atoms with E-state index in [1.165, 1.54) is 0 Å². The normalized spacial score (nSPS) is 18.1. The van der Waals surface area contributed by atoms with Crippen molar-refractivity contribution in [1.82, 2.24) is 5.32 Å². The van der Waals surface area contributed by atoms with E-state index in [-0.39, 0.29) is 19.4 Å². The predicted octanol–water partition coefficient (Wildman–Crippen LogP) is 3.11. The van der Waals surface area contributed by atoms with Crippen LogP contribution in [0, 0.1) is 0 Å². The van der Waals surface area contributed by atoms with E-state index in [9.17, 15) is 13.2 Å². The first-order valence-corrected chi connectivity index (χ1v) is 5.57. The van der Waals surface area contributed by atoms with Crippen LogP contribution in [0.1, 0.15) is 18.4 Å². The minimum Gasteiger partial charge on any atom is -0.399 e. The fourth-order valence-corrected chi connectivity index (χ4v) is 2.00. The molecule has 0 unspecified atom stereocenters. The predicted molar refractivity (Wildman–Crippen MR) is 60.7 cm³/mol. The average molecular weight is 265 g/mol. The molecular formula is C11H12ClF3N2. The van der Waals surface area contributed by atoms with Crippen molar-refractivity contribution in [2.24, 2.45) is 0 Å². The van der Waals surface area contributed by atoms with Crippen molar-refractivity contribution in [1.29, 1.82) is 0 Å². The molecule has 0 heterocycles. The molecule has 2 rings (SSSR count). The number of rotatable bonds is 3. The van der Waals surface area contributed by atoms with Crippen LogP contribution in [0.4, 0.5) is 18.9 Å². The first-order valence-electron chi connectivity index (χ1n) is 5.19. The average Bonchev–Trinajstić information content (AvgIpc) is 2.92. The Kier molecular flexibility index (Phi) is 2.99. The molecule has 1 aliphatic rings. The molecule has 0 spiro atoms. The Morgan fingerprint density at radius 3 is 2.41 bits per heavy atom. The highest BCUT2D eigenvalue weighted by Gasteiger charge is 2.62. The second kappa shape index (κ2) is 4.07. The maximum Gasteiger partial charge on any atom is 0.406 e. The number of alkyl halides is 3. The second-order valence-electron chi connectivity index (χ2n) is 4.33. The zero-order valence-electron chi connectivity index (χ0n) is 8.94. The summed E-state index contributed by atoms with van der Waals surface area (Å²) >= 11 is 5.78. The van der Waals surface area contributed by atoms with Crippen molar-refractivity contribution in [3.05, 3.63) is 28.8 Å². The standard InChI is InChI=1S/C11H12ClF3N2/c12-8-3-7(4-9(16)5-8)6-17-10(1-2-10)11(13,14)15/h3-5,17H,1-2,6,16H2. The molecule has 0 bridgehead atoms. The Labute approximate surface area is 102 Å². The fraction of sp³-hybridized carbons (Fsp3) is 0.455. The molecule has 2 nitrogen and oxygen atoms in total. The van der Waals surface area contributed by atoms with Gasteiger partial charge in [-0.05, 0) is 36.6 Å². The van der Waals surface area contributed by atoms with E-state index in [2.05, 4.69) is 5.32 Å². The third-order valence-corrected chi connectivity index (χ3v) is 3.12. The Morgan fingerprint density at radius 2 is 1.94 bits per heavy atom. The van der Waals surface area contributed by atoms with Gasteiger partial charge >= 0.3 is 6.18 Å². The minimum absolute atomic E-state index is 0.115. The first-order chi connectivity index (χ1) is 7.82. The van der Waals surface area contributed by atoms with Crippen molar-refractivity contribution in [2.45, 2.75) is 31.1 Å². The van der Waals surface area contributed by atoms with Gasteiger partial charge in [-0.1, -0.05) is 11.6 Å². The van der Waals surface area contributed by atoms with E-state index in [1.54, 1.807) is 18.2 Å². The zero-order chi connectivity index (χ0) is 12.7. The van der Waals surface area contributed by atoms with Gasteiger partial charge in [0.15, 0.2) is 0 Å². The van der Waals surface area contributed by atoms with E-state index in [0.717, 1.165) is 0 Å². The van der Waals surface area contributed by atoms with Crippen LogP contribution in [0.15, 0.2) is 18.2 Å². The molecule has 3 N–H and O–H groups in total. The molecule has 1 fully saturated rings. The lowest BCUT2D eigenvalue weighted by Crippen LogP contribution is -2.44. The number of hydrogen-bond acceptors (Lipinski definition) is 2. The van der Waals surface area contributed by atoms with Gasteiger partial charge in [0.25, 0.3) is 0 Å². The Hall–Kier alpha value is -0.940. The Bertz CT molecular complexity index is 407. The van der Waals surface area contributed by atoms with E-state index in [1.807, 2.05) is 0 Å². The molecule has 0 aliphatic heterocycles. The lowest BCUT2D eigenvalue weighted by atomic mass is 10.1. The quantitative estimate of drug-likeness (QED) is 0.824. The molecule has 0 atom stereocenters. The van der Waals surface area contributed by atoms with E-state index in [0.29, 0.717) is 16.3 Å². The molecule has 1 aromatic carbocycles. The largest absolute Gasteiger partial charge is 0.406 e. The van der Waals surface area contributed by atoms with Crippen molar-refractivity contribution in [3.63, 3.8) is 0 Å². The van der Waals surface area contributed by atoms with E-state index >= 15 is 0 Å². The SMILES string of the molecule is Nc1cc(Cl)cc(CNC2(C(F)(F)F)CC2)c1. The summed E-state index contributed by atoms with van der Waals surface area (Å²) in [5, 5.41) is 2.97. The van der Waals surface area contributed by atoms with Crippen LogP contribution in [-0.2, 0) is 6.54 Å². The number of nitrogens with two attached hydrogens (primary N) is 1. The van der Waals surface area contributed by atoms with Gasteiger partial charge in [-0.3, -0.25) is 5.32 Å². The van der Waals surface area contributed by atoms with Gasteiger partial charge in [0, 0.05) is 17.3 Å². The number of nitrogen functional groups attached to an aromatic ring is 1. The lowest BCUT2D eigenvalue weighted by Gasteiger charge is -2.20. The van der Waals surface area contributed by atoms with Crippen LogP contribution in [-0.4, -0.2) is 11.7 Å². The van der Waals surface area contributed by atoms with Crippen molar-refractivity contribution in [2.75, 3.05) is 5.73 Å². The van der Waals surface area contributed by atoms with Crippen LogP contribution in [0.5, 0.6) is 0 Å². The minimum atomic E-state index is -4.20. The molecule has 0 saturated heterocycles. The molecule has 0 aromatic heterocycles. The van der Waals surface area contributed by atoms with Gasteiger partial charge in [-0.2, -0.15) is 13.2 Å². The zero-order valence-corrected chi connectivity index (χ0v) is 9.70. The Balaban J connectivity index is 2.03. The number of halogens is 4. The fourth-order valence-electron chi connectivity index (χ4n) is 1.73. The summed E-state index contributed by atoms with van der Waals surface area (Å²) in [5.41, 5.74) is 4.97. The highest BCUT2D eigenvalue weighted by molar-refractivity contribution is 6.30. The van der Waals surface area contributed by atoms with E-state index in [4.69, 9.17) is 17.3 Å². The van der Waals surface area contributed by atoms with Gasteiger partial charge in [0.2, 0.25) is 0 Å². The van der Waals surface area contributed by atoms with Crippen molar-refractivity contribution in [3.8, 4) is 0 Å². The molecule has 0 radical (unpaired) electrons. The molecular weight excluding hydrogens is 253 g/mol. The lowest BCUT2D eigenvalue weighted by molar-refractivity contribution is -0.166. The van der Waals surface area contributed by atoms with Gasteiger partial charge < -0.3 is 5.73 Å². The second-order valence-corrected chi connectivity index (χ2v) is 4.76. The molecule has 6 heteroatoms. The maximum absolute atomic E-state index is 12.6. The van der Waals surface area contributed by atoms with Crippen LogP contribution in [0.25, 0.3) is 0 Å². The molecule has 1 aliphatic carbocycles. The van der Waals surface area contributed by atoms with Gasteiger partial charge in [0.05, 0.1) is 0 Å². The monoisotopic (exact) mass is 264 g/mol. The number of hydrogen-bond donors (Lipinski definition) is 2. The molecule has 0 amide bonds. The van der Waals surface area contributed by atoms with Gasteiger partial charge in [0.1, 0.15) is 5.54 Å². The summed E-state index contributed by atoms with van der Waals surface area (Å²) in [4.78, 5) is 0. The highest BCUT2D eigenvalue weighted by Crippen LogP contribution is 2.49. The van der Waals surface area contributed by atoms with E-state index < -0.39 is 11.7 Å². The smallest absolute Gasteiger partial charge is 0.399 e. The maximum atomic E-state index is 12.6. The summed E-state index contributed by atoms with van der Waals surface area (Å²) in [6, 6.07) is 4.78. The highest BCUT2D eigenvalue weighted by atomic mass is 35.5.